The Kier molecular flexibility index (Phi) is 4.67. The highest BCUT2D eigenvalue weighted by Crippen LogP contribution is 2.03. The van der Waals surface area contributed by atoms with E-state index in [1.165, 1.54) is 5.56 Å². The minimum absolute atomic E-state index is 0.150. The first-order valence-electron chi connectivity index (χ1n) is 5.73. The molecule has 2 aromatic rings. The van der Waals surface area contributed by atoms with Crippen LogP contribution in [0.4, 0.5) is 0 Å². The monoisotopic (exact) mass is 247 g/mol. The summed E-state index contributed by atoms with van der Waals surface area (Å²) in [7, 11) is 0. The van der Waals surface area contributed by atoms with Gasteiger partial charge in [-0.05, 0) is 12.0 Å². The maximum Gasteiger partial charge on any atom is 0.106 e. The van der Waals surface area contributed by atoms with E-state index < -0.39 is 0 Å². The minimum Gasteiger partial charge on any atom is -0.326 e. The molecule has 0 bridgehead atoms. The van der Waals surface area contributed by atoms with Gasteiger partial charge in [-0.1, -0.05) is 30.3 Å². The molecule has 0 spiro atoms. The second-order valence-electron chi connectivity index (χ2n) is 4.01. The molecule has 1 aromatic carbocycles. The lowest BCUT2D eigenvalue weighted by Gasteiger charge is -2.12. The van der Waals surface area contributed by atoms with Gasteiger partial charge < -0.3 is 11.1 Å². The number of nitrogens with zero attached hydrogens (tertiary/aromatic N) is 1. The molecular weight excluding hydrogens is 230 g/mol. The number of aromatic nitrogens is 1. The maximum absolute atomic E-state index is 6.07. The summed E-state index contributed by atoms with van der Waals surface area (Å²) in [4.78, 5) is 4.21. The predicted octanol–water partition coefficient (Wildman–Crippen LogP) is 1.80. The van der Waals surface area contributed by atoms with Crippen LogP contribution in [-0.2, 0) is 13.0 Å². The van der Waals surface area contributed by atoms with Crippen molar-refractivity contribution >= 4 is 11.3 Å². The van der Waals surface area contributed by atoms with Gasteiger partial charge in [0.15, 0.2) is 0 Å². The Morgan fingerprint density at radius 3 is 2.82 bits per heavy atom. The van der Waals surface area contributed by atoms with Crippen LogP contribution in [0.15, 0.2) is 41.9 Å². The van der Waals surface area contributed by atoms with Crippen molar-refractivity contribution in [2.45, 2.75) is 19.0 Å². The molecule has 0 aliphatic rings. The Labute approximate surface area is 106 Å². The zero-order valence-electron chi connectivity index (χ0n) is 9.67. The van der Waals surface area contributed by atoms with E-state index >= 15 is 0 Å². The molecule has 0 fully saturated rings. The van der Waals surface area contributed by atoms with E-state index in [2.05, 4.69) is 22.4 Å². The van der Waals surface area contributed by atoms with Gasteiger partial charge in [0.1, 0.15) is 5.01 Å². The number of benzene rings is 1. The van der Waals surface area contributed by atoms with Crippen molar-refractivity contribution in [1.29, 1.82) is 0 Å². The molecule has 1 atom stereocenters. The largest absolute Gasteiger partial charge is 0.326 e. The highest BCUT2D eigenvalue weighted by Gasteiger charge is 2.03. The van der Waals surface area contributed by atoms with E-state index in [1.807, 2.05) is 29.8 Å². The van der Waals surface area contributed by atoms with Gasteiger partial charge in [-0.3, -0.25) is 0 Å². The van der Waals surface area contributed by atoms with Crippen molar-refractivity contribution < 1.29 is 0 Å². The molecule has 1 unspecified atom stereocenters. The van der Waals surface area contributed by atoms with Crippen molar-refractivity contribution in [3.8, 4) is 0 Å². The van der Waals surface area contributed by atoms with Gasteiger partial charge in [-0.2, -0.15) is 0 Å². The highest BCUT2D eigenvalue weighted by atomic mass is 32.1. The fourth-order valence-corrected chi connectivity index (χ4v) is 2.28. The number of nitrogens with one attached hydrogen (secondary N) is 1. The molecule has 0 radical (unpaired) electrons. The average molecular weight is 247 g/mol. The zero-order valence-corrected chi connectivity index (χ0v) is 10.5. The van der Waals surface area contributed by atoms with E-state index in [-0.39, 0.29) is 6.04 Å². The number of hydrogen-bond acceptors (Lipinski definition) is 4. The Morgan fingerprint density at radius 1 is 1.29 bits per heavy atom. The molecule has 0 saturated heterocycles. The second kappa shape index (κ2) is 6.49. The van der Waals surface area contributed by atoms with Crippen LogP contribution in [0.5, 0.6) is 0 Å². The lowest BCUT2D eigenvalue weighted by atomic mass is 10.1. The molecule has 4 heteroatoms. The van der Waals surface area contributed by atoms with Crippen LogP contribution >= 0.6 is 11.3 Å². The molecule has 0 aliphatic heterocycles. The van der Waals surface area contributed by atoms with Crippen molar-refractivity contribution in [3.63, 3.8) is 0 Å². The number of thiazole rings is 1. The molecule has 3 nitrogen and oxygen atoms in total. The van der Waals surface area contributed by atoms with Crippen molar-refractivity contribution in [2.75, 3.05) is 6.54 Å². The fourth-order valence-electron chi connectivity index (χ4n) is 1.69. The Hall–Kier alpha value is -1.23. The van der Waals surface area contributed by atoms with Crippen LogP contribution in [0.3, 0.4) is 0 Å². The molecule has 2 rings (SSSR count). The van der Waals surface area contributed by atoms with E-state index in [0.29, 0.717) is 0 Å². The van der Waals surface area contributed by atoms with Gasteiger partial charge in [0.25, 0.3) is 0 Å². The average Bonchev–Trinajstić information content (AvgIpc) is 2.83. The smallest absolute Gasteiger partial charge is 0.106 e. The third-order valence-electron chi connectivity index (χ3n) is 2.51. The van der Waals surface area contributed by atoms with Gasteiger partial charge in [-0.15, -0.1) is 11.3 Å². The van der Waals surface area contributed by atoms with Gasteiger partial charge in [-0.25, -0.2) is 4.98 Å². The third kappa shape index (κ3) is 4.26. The third-order valence-corrected chi connectivity index (χ3v) is 3.29. The number of hydrogen-bond donors (Lipinski definition) is 2. The SMILES string of the molecule is NC(CNCc1nccs1)Cc1ccccc1. The summed E-state index contributed by atoms with van der Waals surface area (Å²) < 4.78 is 0. The molecular formula is C13H17N3S. The van der Waals surface area contributed by atoms with Crippen LogP contribution in [0.1, 0.15) is 10.6 Å². The first-order valence-corrected chi connectivity index (χ1v) is 6.61. The maximum atomic E-state index is 6.07. The van der Waals surface area contributed by atoms with Gasteiger partial charge >= 0.3 is 0 Å². The van der Waals surface area contributed by atoms with E-state index in [4.69, 9.17) is 5.73 Å². The molecule has 1 aromatic heterocycles. The minimum atomic E-state index is 0.150. The standard InChI is InChI=1S/C13H17N3S/c14-12(8-11-4-2-1-3-5-11)9-15-10-13-16-6-7-17-13/h1-7,12,15H,8-10,14H2. The van der Waals surface area contributed by atoms with Crippen molar-refractivity contribution in [1.82, 2.24) is 10.3 Å². The van der Waals surface area contributed by atoms with Crippen LogP contribution in [0.2, 0.25) is 0 Å². The lowest BCUT2D eigenvalue weighted by molar-refractivity contribution is 0.572. The molecule has 17 heavy (non-hydrogen) atoms. The van der Waals surface area contributed by atoms with Gasteiger partial charge in [0.2, 0.25) is 0 Å². The van der Waals surface area contributed by atoms with Gasteiger partial charge in [0, 0.05) is 30.7 Å². The topological polar surface area (TPSA) is 50.9 Å². The molecule has 3 N–H and O–H groups in total. The van der Waals surface area contributed by atoms with E-state index in [9.17, 15) is 0 Å². The summed E-state index contributed by atoms with van der Waals surface area (Å²) in [6.07, 6.45) is 2.73. The van der Waals surface area contributed by atoms with E-state index in [0.717, 1.165) is 24.5 Å². The van der Waals surface area contributed by atoms with Crippen LogP contribution in [0, 0.1) is 0 Å². The van der Waals surface area contributed by atoms with Crippen LogP contribution in [0.25, 0.3) is 0 Å². The normalized spacial score (nSPS) is 12.5. The van der Waals surface area contributed by atoms with Crippen LogP contribution < -0.4 is 11.1 Å². The Balaban J connectivity index is 1.69. The molecule has 0 saturated carbocycles. The zero-order chi connectivity index (χ0) is 11.9. The summed E-state index contributed by atoms with van der Waals surface area (Å²) in [5.41, 5.74) is 7.35. The summed E-state index contributed by atoms with van der Waals surface area (Å²) >= 11 is 1.66. The first kappa shape index (κ1) is 12.2. The molecule has 0 aliphatic carbocycles. The Bertz CT molecular complexity index is 413. The fraction of sp³-hybridized carbons (Fsp3) is 0.308. The lowest BCUT2D eigenvalue weighted by Crippen LogP contribution is -2.35. The summed E-state index contributed by atoms with van der Waals surface area (Å²) in [6, 6.07) is 10.5. The molecule has 90 valence electrons. The number of rotatable bonds is 6. The van der Waals surface area contributed by atoms with E-state index in [1.54, 1.807) is 11.3 Å². The first-order chi connectivity index (χ1) is 8.34. The summed E-state index contributed by atoms with van der Waals surface area (Å²) in [5, 5.41) is 6.43. The second-order valence-corrected chi connectivity index (χ2v) is 4.99. The van der Waals surface area contributed by atoms with Crippen LogP contribution in [-0.4, -0.2) is 17.6 Å². The summed E-state index contributed by atoms with van der Waals surface area (Å²) in [5.74, 6) is 0. The summed E-state index contributed by atoms with van der Waals surface area (Å²) in [6.45, 7) is 1.62. The predicted molar refractivity (Wildman–Crippen MR) is 71.9 cm³/mol. The van der Waals surface area contributed by atoms with Gasteiger partial charge in [0.05, 0.1) is 0 Å². The van der Waals surface area contributed by atoms with Crippen molar-refractivity contribution in [3.05, 3.63) is 52.5 Å². The quantitative estimate of drug-likeness (QED) is 0.818. The Morgan fingerprint density at radius 2 is 2.12 bits per heavy atom. The highest BCUT2D eigenvalue weighted by molar-refractivity contribution is 7.09. The molecule has 1 heterocycles. The van der Waals surface area contributed by atoms with Crippen molar-refractivity contribution in [2.24, 2.45) is 5.73 Å². The number of nitrogens with two attached hydrogens (primary N) is 1. The molecule has 0 amide bonds.